The average Bonchev–Trinajstić information content (AvgIpc) is 3.31. The van der Waals surface area contributed by atoms with Gasteiger partial charge in [-0.1, -0.05) is 6.42 Å². The number of carbonyl (C=O) groups is 1. The number of esters is 1. The second kappa shape index (κ2) is 11.3. The van der Waals surface area contributed by atoms with E-state index >= 15 is 0 Å². The maximum Gasteiger partial charge on any atom is 0.573 e. The summed E-state index contributed by atoms with van der Waals surface area (Å²) in [5, 5.41) is 3.01. The van der Waals surface area contributed by atoms with Gasteiger partial charge in [-0.15, -0.1) is 13.2 Å². The number of pyridine rings is 2. The minimum Gasteiger partial charge on any atom is -0.466 e. The smallest absolute Gasteiger partial charge is 0.466 e. The van der Waals surface area contributed by atoms with E-state index in [1.807, 2.05) is 19.9 Å². The van der Waals surface area contributed by atoms with Crippen LogP contribution >= 0.6 is 0 Å². The third-order valence-corrected chi connectivity index (χ3v) is 7.54. The Kier molecular flexibility index (Phi) is 7.77. The quantitative estimate of drug-likeness (QED) is 0.360. The first-order valence-electron chi connectivity index (χ1n) is 13.3. The Morgan fingerprint density at radius 1 is 1.18 bits per heavy atom. The molecule has 1 spiro atoms. The fourth-order valence-electron chi connectivity index (χ4n) is 5.70. The molecule has 5 rings (SSSR count). The maximum atomic E-state index is 12.7. The van der Waals surface area contributed by atoms with Crippen molar-refractivity contribution in [1.82, 2.24) is 19.9 Å². The van der Waals surface area contributed by atoms with Gasteiger partial charge in [0.15, 0.2) is 5.82 Å². The Hall–Kier alpha value is -3.96. The van der Waals surface area contributed by atoms with Crippen LogP contribution in [0.5, 0.6) is 5.75 Å². The van der Waals surface area contributed by atoms with Gasteiger partial charge in [-0.2, -0.15) is 0 Å². The topological polar surface area (TPSA) is 102 Å². The van der Waals surface area contributed by atoms with Gasteiger partial charge in [0.05, 0.1) is 12.5 Å². The van der Waals surface area contributed by atoms with Crippen molar-refractivity contribution in [3.8, 4) is 17.1 Å². The third-order valence-electron chi connectivity index (χ3n) is 7.54. The summed E-state index contributed by atoms with van der Waals surface area (Å²) >= 11 is 0. The number of ether oxygens (including phenoxy) is 2. The van der Waals surface area contributed by atoms with Crippen molar-refractivity contribution < 1.29 is 27.4 Å². The van der Waals surface area contributed by atoms with E-state index < -0.39 is 12.1 Å². The number of hydrogen-bond acceptors (Lipinski definition) is 9. The predicted octanol–water partition coefficient (Wildman–Crippen LogP) is 5.83. The van der Waals surface area contributed by atoms with Crippen LogP contribution in [-0.4, -0.2) is 52.0 Å². The molecular formula is C28H31F3N6O3. The number of alkyl halides is 3. The first-order chi connectivity index (χ1) is 19.1. The molecule has 3 aromatic rings. The Morgan fingerprint density at radius 2 is 2.02 bits per heavy atom. The number of aromatic nitrogens is 4. The number of nitrogens with one attached hydrogen (secondary N) is 1. The van der Waals surface area contributed by atoms with Gasteiger partial charge in [-0.3, -0.25) is 9.78 Å². The van der Waals surface area contributed by atoms with E-state index in [0.717, 1.165) is 68.5 Å². The molecule has 2 atom stereocenters. The second-order valence-electron chi connectivity index (χ2n) is 10.4. The second-order valence-corrected chi connectivity index (χ2v) is 10.4. The van der Waals surface area contributed by atoms with Crippen molar-refractivity contribution in [3.05, 3.63) is 48.4 Å². The highest BCUT2D eigenvalue weighted by molar-refractivity contribution is 5.72. The molecule has 1 aliphatic heterocycles. The van der Waals surface area contributed by atoms with Crippen LogP contribution in [0.2, 0.25) is 0 Å². The first-order valence-corrected chi connectivity index (χ1v) is 13.3. The molecule has 2 unspecified atom stereocenters. The summed E-state index contributed by atoms with van der Waals surface area (Å²) in [6, 6.07) is 5.91. The van der Waals surface area contributed by atoms with E-state index in [9.17, 15) is 18.0 Å². The van der Waals surface area contributed by atoms with E-state index in [-0.39, 0.29) is 23.1 Å². The fraction of sp³-hybridized carbons (Fsp3) is 0.464. The maximum absolute atomic E-state index is 12.7. The zero-order chi connectivity index (χ0) is 28.3. The van der Waals surface area contributed by atoms with E-state index in [2.05, 4.69) is 29.9 Å². The van der Waals surface area contributed by atoms with Gasteiger partial charge < -0.3 is 19.7 Å². The minimum atomic E-state index is -4.82. The van der Waals surface area contributed by atoms with E-state index in [0.29, 0.717) is 24.1 Å². The predicted molar refractivity (Wildman–Crippen MR) is 142 cm³/mol. The van der Waals surface area contributed by atoms with Crippen LogP contribution in [0.3, 0.4) is 0 Å². The summed E-state index contributed by atoms with van der Waals surface area (Å²) in [7, 11) is 0. The number of nitrogens with zero attached hydrogens (tertiary/aromatic N) is 5. The summed E-state index contributed by atoms with van der Waals surface area (Å²) in [6.45, 7) is 5.62. The van der Waals surface area contributed by atoms with E-state index in [4.69, 9.17) is 9.72 Å². The molecule has 3 aromatic heterocycles. The molecule has 0 bridgehead atoms. The molecule has 0 aromatic carbocycles. The zero-order valence-corrected chi connectivity index (χ0v) is 22.4. The molecule has 2 aliphatic rings. The number of aryl methyl sites for hydroxylation is 1. The molecule has 40 heavy (non-hydrogen) atoms. The summed E-state index contributed by atoms with van der Waals surface area (Å²) in [6.07, 6.45) is 4.33. The van der Waals surface area contributed by atoms with Crippen LogP contribution in [-0.2, 0) is 9.53 Å². The number of hydrogen-bond donors (Lipinski definition) is 1. The number of halogens is 3. The first kappa shape index (κ1) is 27.6. The molecule has 0 amide bonds. The number of rotatable bonds is 7. The third kappa shape index (κ3) is 6.43. The van der Waals surface area contributed by atoms with Crippen molar-refractivity contribution in [2.45, 2.75) is 52.3 Å². The van der Waals surface area contributed by atoms with Gasteiger partial charge in [-0.25, -0.2) is 15.0 Å². The van der Waals surface area contributed by atoms with Crippen molar-refractivity contribution in [3.63, 3.8) is 0 Å². The lowest BCUT2D eigenvalue weighted by Gasteiger charge is -2.37. The van der Waals surface area contributed by atoms with Crippen LogP contribution in [0.15, 0.2) is 42.9 Å². The summed E-state index contributed by atoms with van der Waals surface area (Å²) in [5.41, 5.74) is 1.66. The molecule has 212 valence electrons. The molecule has 1 saturated heterocycles. The zero-order valence-electron chi connectivity index (χ0n) is 22.4. The number of anilines is 3. The molecule has 2 fully saturated rings. The standard InChI is InChI=1S/C28H31F3N6O3/c1-3-39-26(38)19-5-4-8-27(15-19)9-12-37(17-27)24-14-23(35-25(36-24)21-16-32-10-6-18(21)2)34-22-13-20(7-11-33-22)40-28(29,30)31/h6-7,10-11,13-14,16,19H,3-5,8-9,12,15,17H2,1-2H3,(H,33,34,35,36). The Balaban J connectivity index is 1.44. The summed E-state index contributed by atoms with van der Waals surface area (Å²) < 4.78 is 47.6. The molecule has 1 N–H and O–H groups in total. The van der Waals surface area contributed by atoms with E-state index in [1.54, 1.807) is 18.5 Å². The lowest BCUT2D eigenvalue weighted by Crippen LogP contribution is -2.35. The highest BCUT2D eigenvalue weighted by Crippen LogP contribution is 2.47. The monoisotopic (exact) mass is 556 g/mol. The van der Waals surface area contributed by atoms with Crippen molar-refractivity contribution in [2.75, 3.05) is 29.9 Å². The summed E-state index contributed by atoms with van der Waals surface area (Å²) in [5.74, 6) is 1.01. The van der Waals surface area contributed by atoms with Crippen LogP contribution < -0.4 is 15.0 Å². The van der Waals surface area contributed by atoms with Gasteiger partial charge in [-0.05, 0) is 62.6 Å². The Morgan fingerprint density at radius 3 is 2.80 bits per heavy atom. The van der Waals surface area contributed by atoms with Crippen molar-refractivity contribution in [1.29, 1.82) is 0 Å². The molecular weight excluding hydrogens is 525 g/mol. The molecule has 0 radical (unpaired) electrons. The van der Waals surface area contributed by atoms with Crippen LogP contribution in [0, 0.1) is 18.3 Å². The van der Waals surface area contributed by atoms with Gasteiger partial charge in [0.25, 0.3) is 0 Å². The van der Waals surface area contributed by atoms with Gasteiger partial charge >= 0.3 is 12.3 Å². The van der Waals surface area contributed by atoms with E-state index in [1.165, 1.54) is 6.20 Å². The van der Waals surface area contributed by atoms with Gasteiger partial charge in [0.2, 0.25) is 0 Å². The Labute approximate surface area is 230 Å². The summed E-state index contributed by atoms with van der Waals surface area (Å²) in [4.78, 5) is 32.5. The normalized spacial score (nSPS) is 20.9. The molecule has 12 heteroatoms. The minimum absolute atomic E-state index is 0.0105. The fourth-order valence-corrected chi connectivity index (χ4v) is 5.70. The highest BCUT2D eigenvalue weighted by atomic mass is 19.4. The largest absolute Gasteiger partial charge is 0.573 e. The number of carbonyl (C=O) groups excluding carboxylic acids is 1. The van der Waals surface area contributed by atoms with Crippen molar-refractivity contribution >= 4 is 23.4 Å². The lowest BCUT2D eigenvalue weighted by molar-refractivity contribution is -0.274. The lowest BCUT2D eigenvalue weighted by atomic mass is 9.69. The Bertz CT molecular complexity index is 1370. The van der Waals surface area contributed by atoms with Gasteiger partial charge in [0, 0.05) is 49.4 Å². The highest BCUT2D eigenvalue weighted by Gasteiger charge is 2.44. The van der Waals surface area contributed by atoms with Crippen LogP contribution in [0.4, 0.5) is 30.6 Å². The van der Waals surface area contributed by atoms with Crippen molar-refractivity contribution in [2.24, 2.45) is 11.3 Å². The van der Waals surface area contributed by atoms with Gasteiger partial charge in [0.1, 0.15) is 23.2 Å². The molecule has 9 nitrogen and oxygen atoms in total. The average molecular weight is 557 g/mol. The molecule has 1 saturated carbocycles. The molecule has 4 heterocycles. The SMILES string of the molecule is CCOC(=O)C1CCCC2(CCN(c3cc(Nc4cc(OC(F)(F)F)ccn4)nc(-c4cnccc4C)n3)C2)C1. The molecule has 1 aliphatic carbocycles. The van der Waals surface area contributed by atoms with Crippen LogP contribution in [0.25, 0.3) is 11.4 Å². The van der Waals surface area contributed by atoms with Crippen LogP contribution in [0.1, 0.15) is 44.6 Å².